The van der Waals surface area contributed by atoms with Crippen molar-refractivity contribution in [2.45, 2.75) is 18.9 Å². The molecule has 6 nitrogen and oxygen atoms in total. The highest BCUT2D eigenvalue weighted by Crippen LogP contribution is 2.28. The molecule has 2 aromatic carbocycles. The summed E-state index contributed by atoms with van der Waals surface area (Å²) >= 11 is 1.74. The fraction of sp³-hybridized carbons (Fsp3) is 0.250. The van der Waals surface area contributed by atoms with Gasteiger partial charge in [0.05, 0.1) is 6.04 Å². The molecule has 0 spiro atoms. The SMILES string of the molecule is NC(=O)c1ccc(Oc2ccc(C(=O)NCC(c3cccs3)N3CCCC3)cc2)cc1. The Balaban J connectivity index is 1.35. The first kappa shape index (κ1) is 21.1. The average molecular weight is 436 g/mol. The van der Waals surface area contributed by atoms with Crippen LogP contribution in [0.25, 0.3) is 0 Å². The maximum absolute atomic E-state index is 12.7. The molecule has 2 amide bonds. The minimum absolute atomic E-state index is 0.0990. The Morgan fingerprint density at radius 1 is 0.968 bits per heavy atom. The topological polar surface area (TPSA) is 84.7 Å². The summed E-state index contributed by atoms with van der Waals surface area (Å²) in [4.78, 5) is 27.6. The number of hydrogen-bond acceptors (Lipinski definition) is 5. The number of ether oxygens (including phenoxy) is 1. The van der Waals surface area contributed by atoms with Crippen LogP contribution < -0.4 is 15.8 Å². The van der Waals surface area contributed by atoms with Gasteiger partial charge in [-0.3, -0.25) is 14.5 Å². The zero-order valence-corrected chi connectivity index (χ0v) is 17.9. The van der Waals surface area contributed by atoms with Gasteiger partial charge in [-0.2, -0.15) is 0 Å². The van der Waals surface area contributed by atoms with Gasteiger partial charge in [0.2, 0.25) is 5.91 Å². The highest BCUT2D eigenvalue weighted by molar-refractivity contribution is 7.10. The number of likely N-dealkylation sites (tertiary alicyclic amines) is 1. The van der Waals surface area contributed by atoms with Crippen molar-refractivity contribution in [2.75, 3.05) is 19.6 Å². The Hall–Kier alpha value is -3.16. The number of nitrogens with zero attached hydrogens (tertiary/aromatic N) is 1. The number of benzene rings is 2. The van der Waals surface area contributed by atoms with Crippen molar-refractivity contribution in [3.63, 3.8) is 0 Å². The molecule has 1 atom stereocenters. The number of primary amides is 1. The van der Waals surface area contributed by atoms with Gasteiger partial charge in [-0.05, 0) is 85.9 Å². The lowest BCUT2D eigenvalue weighted by Crippen LogP contribution is -2.36. The van der Waals surface area contributed by atoms with Gasteiger partial charge in [-0.15, -0.1) is 11.3 Å². The first-order chi connectivity index (χ1) is 15.1. The Labute approximate surface area is 185 Å². The molecule has 0 saturated carbocycles. The van der Waals surface area contributed by atoms with E-state index in [4.69, 9.17) is 10.5 Å². The van der Waals surface area contributed by atoms with Crippen LogP contribution >= 0.6 is 11.3 Å². The summed E-state index contributed by atoms with van der Waals surface area (Å²) < 4.78 is 5.77. The fourth-order valence-corrected chi connectivity index (χ4v) is 4.59. The first-order valence-corrected chi connectivity index (χ1v) is 11.2. The van der Waals surface area contributed by atoms with Crippen LogP contribution in [0.1, 0.15) is 44.5 Å². The zero-order chi connectivity index (χ0) is 21.6. The van der Waals surface area contributed by atoms with Crippen LogP contribution in [-0.2, 0) is 0 Å². The summed E-state index contributed by atoms with van der Waals surface area (Å²) in [6.45, 7) is 2.74. The number of carbonyl (C=O) groups excluding carboxylic acids is 2. The largest absolute Gasteiger partial charge is 0.457 e. The first-order valence-electron chi connectivity index (χ1n) is 10.3. The lowest BCUT2D eigenvalue weighted by atomic mass is 10.1. The van der Waals surface area contributed by atoms with Gasteiger partial charge >= 0.3 is 0 Å². The van der Waals surface area contributed by atoms with Gasteiger partial charge in [0, 0.05) is 22.5 Å². The summed E-state index contributed by atoms with van der Waals surface area (Å²) in [5.74, 6) is 0.620. The predicted octanol–water partition coefficient (Wildman–Crippen LogP) is 4.21. The Kier molecular flexibility index (Phi) is 6.64. The molecule has 4 rings (SSSR count). The molecule has 2 heterocycles. The number of amides is 2. The van der Waals surface area contributed by atoms with Crippen LogP contribution in [0.4, 0.5) is 0 Å². The molecule has 3 N–H and O–H groups in total. The van der Waals surface area contributed by atoms with Crippen LogP contribution in [0.15, 0.2) is 66.0 Å². The molecule has 1 fully saturated rings. The molecule has 1 aliphatic rings. The highest BCUT2D eigenvalue weighted by atomic mass is 32.1. The second kappa shape index (κ2) is 9.76. The van der Waals surface area contributed by atoms with Crippen molar-refractivity contribution >= 4 is 23.2 Å². The van der Waals surface area contributed by atoms with Crippen molar-refractivity contribution in [3.8, 4) is 11.5 Å². The van der Waals surface area contributed by atoms with Gasteiger partial charge < -0.3 is 15.8 Å². The standard InChI is InChI=1S/C24H25N3O3S/c25-23(28)17-5-9-19(10-6-17)30-20-11-7-18(8-12-20)24(29)26-16-21(22-4-3-15-31-22)27-13-1-2-14-27/h3-12,15,21H,1-2,13-14,16H2,(H2,25,28)(H,26,29). The predicted molar refractivity (Wildman–Crippen MR) is 122 cm³/mol. The zero-order valence-electron chi connectivity index (χ0n) is 17.1. The maximum Gasteiger partial charge on any atom is 0.251 e. The van der Waals surface area contributed by atoms with E-state index >= 15 is 0 Å². The molecule has 0 aliphatic carbocycles. The molecule has 1 saturated heterocycles. The number of carbonyl (C=O) groups is 2. The van der Waals surface area contributed by atoms with E-state index in [9.17, 15) is 9.59 Å². The van der Waals surface area contributed by atoms with Gasteiger partial charge in [-0.25, -0.2) is 0 Å². The number of hydrogen-bond donors (Lipinski definition) is 2. The van der Waals surface area contributed by atoms with Crippen molar-refractivity contribution in [1.29, 1.82) is 0 Å². The molecule has 1 aliphatic heterocycles. The van der Waals surface area contributed by atoms with E-state index in [0.29, 0.717) is 29.2 Å². The molecule has 7 heteroatoms. The van der Waals surface area contributed by atoms with Crippen LogP contribution in [-0.4, -0.2) is 36.3 Å². The van der Waals surface area contributed by atoms with E-state index in [-0.39, 0.29) is 11.9 Å². The van der Waals surface area contributed by atoms with E-state index in [1.54, 1.807) is 59.9 Å². The summed E-state index contributed by atoms with van der Waals surface area (Å²) in [7, 11) is 0. The van der Waals surface area contributed by atoms with Gasteiger partial charge in [-0.1, -0.05) is 6.07 Å². The molecule has 1 aromatic heterocycles. The van der Waals surface area contributed by atoms with Crippen LogP contribution in [0.2, 0.25) is 0 Å². The van der Waals surface area contributed by atoms with Crippen LogP contribution in [0.3, 0.4) is 0 Å². The molecule has 160 valence electrons. The van der Waals surface area contributed by atoms with Gasteiger partial charge in [0.1, 0.15) is 11.5 Å². The summed E-state index contributed by atoms with van der Waals surface area (Å²) in [6.07, 6.45) is 2.42. The molecule has 3 aromatic rings. The Morgan fingerprint density at radius 2 is 1.58 bits per heavy atom. The minimum atomic E-state index is -0.479. The van der Waals surface area contributed by atoms with E-state index in [0.717, 1.165) is 13.1 Å². The Bertz CT molecular complexity index is 1010. The fourth-order valence-electron chi connectivity index (χ4n) is 3.73. The van der Waals surface area contributed by atoms with Crippen LogP contribution in [0.5, 0.6) is 11.5 Å². The average Bonchev–Trinajstić information content (AvgIpc) is 3.50. The minimum Gasteiger partial charge on any atom is -0.457 e. The maximum atomic E-state index is 12.7. The summed E-state index contributed by atoms with van der Waals surface area (Å²) in [6, 6.07) is 18.0. The molecule has 1 unspecified atom stereocenters. The summed E-state index contributed by atoms with van der Waals surface area (Å²) in [5, 5.41) is 5.18. The monoisotopic (exact) mass is 435 g/mol. The second-order valence-electron chi connectivity index (χ2n) is 7.50. The van der Waals surface area contributed by atoms with Crippen molar-refractivity contribution < 1.29 is 14.3 Å². The van der Waals surface area contributed by atoms with E-state index in [1.165, 1.54) is 17.7 Å². The Morgan fingerprint density at radius 3 is 2.13 bits per heavy atom. The third-order valence-electron chi connectivity index (χ3n) is 5.40. The van der Waals surface area contributed by atoms with Crippen molar-refractivity contribution in [2.24, 2.45) is 5.73 Å². The number of nitrogens with one attached hydrogen (secondary N) is 1. The quantitative estimate of drug-likeness (QED) is 0.555. The lowest BCUT2D eigenvalue weighted by Gasteiger charge is -2.26. The van der Waals surface area contributed by atoms with Gasteiger partial charge in [0.15, 0.2) is 0 Å². The van der Waals surface area contributed by atoms with Gasteiger partial charge in [0.25, 0.3) is 5.91 Å². The number of nitrogens with two attached hydrogens (primary N) is 1. The smallest absolute Gasteiger partial charge is 0.251 e. The van der Waals surface area contributed by atoms with E-state index < -0.39 is 5.91 Å². The van der Waals surface area contributed by atoms with E-state index in [1.807, 2.05) is 0 Å². The number of rotatable bonds is 8. The molecule has 31 heavy (non-hydrogen) atoms. The molecular formula is C24H25N3O3S. The molecule has 0 radical (unpaired) electrons. The third kappa shape index (κ3) is 5.31. The van der Waals surface area contributed by atoms with Crippen molar-refractivity contribution in [3.05, 3.63) is 82.0 Å². The van der Waals surface area contributed by atoms with E-state index in [2.05, 4.69) is 27.7 Å². The third-order valence-corrected chi connectivity index (χ3v) is 6.37. The second-order valence-corrected chi connectivity index (χ2v) is 8.48. The van der Waals surface area contributed by atoms with Crippen molar-refractivity contribution in [1.82, 2.24) is 10.2 Å². The summed E-state index contributed by atoms with van der Waals surface area (Å²) in [5.41, 5.74) is 6.26. The molecule has 0 bridgehead atoms. The normalized spacial score (nSPS) is 14.8. The number of thiophene rings is 1. The highest BCUT2D eigenvalue weighted by Gasteiger charge is 2.24. The molecular weight excluding hydrogens is 410 g/mol. The van der Waals surface area contributed by atoms with Crippen LogP contribution in [0, 0.1) is 0 Å². The lowest BCUT2D eigenvalue weighted by molar-refractivity contribution is 0.0937.